The Bertz CT molecular complexity index is 639. The van der Waals surface area contributed by atoms with E-state index >= 15 is 0 Å². The number of ketones is 1. The molecule has 0 amide bonds. The molecule has 0 bridgehead atoms. The van der Waals surface area contributed by atoms with Crippen molar-refractivity contribution in [3.8, 4) is 0 Å². The summed E-state index contributed by atoms with van der Waals surface area (Å²) in [5.41, 5.74) is 1.01. The minimum atomic E-state index is -0.364. The van der Waals surface area contributed by atoms with Crippen LogP contribution in [0.4, 0.5) is 0 Å². The first-order valence-corrected chi connectivity index (χ1v) is 5.29. The molecule has 2 aromatic rings. The lowest BCUT2D eigenvalue weighted by molar-refractivity contribution is 0.106. The molecule has 0 unspecified atom stereocenters. The second-order valence-electron chi connectivity index (χ2n) is 3.24. The minimum absolute atomic E-state index is 0.0110. The van der Waals surface area contributed by atoms with Gasteiger partial charge in [0.1, 0.15) is 5.71 Å². The molecule has 0 aliphatic carbocycles. The third-order valence-electron chi connectivity index (χ3n) is 2.16. The molecule has 5 nitrogen and oxygen atoms in total. The number of hydrogen-bond acceptors (Lipinski definition) is 5. The number of carbonyl (C=O) groups excluding carboxylic acids is 1. The van der Waals surface area contributed by atoms with Gasteiger partial charge in [-0.3, -0.25) is 9.59 Å². The van der Waals surface area contributed by atoms with Crippen LogP contribution >= 0.6 is 11.3 Å². The lowest BCUT2D eigenvalue weighted by Crippen LogP contribution is -2.10. The highest BCUT2D eigenvalue weighted by molar-refractivity contribution is 7.16. The molecule has 2 rings (SSSR count). The van der Waals surface area contributed by atoms with Crippen LogP contribution in [0.3, 0.4) is 0 Å². The number of nitrogens with zero attached hydrogens (tertiary/aromatic N) is 1. The molecule has 1 aromatic heterocycles. The summed E-state index contributed by atoms with van der Waals surface area (Å²) in [5.74, 6) is -0.364. The highest BCUT2D eigenvalue weighted by Gasteiger charge is 2.11. The van der Waals surface area contributed by atoms with E-state index in [1.807, 2.05) is 0 Å². The fourth-order valence-corrected chi connectivity index (χ4v) is 2.06. The summed E-state index contributed by atoms with van der Waals surface area (Å²) in [7, 11) is 0. The number of rotatable bonds is 2. The first-order chi connectivity index (χ1) is 7.61. The maximum absolute atomic E-state index is 11.6. The Morgan fingerprint density at radius 2 is 2.25 bits per heavy atom. The molecule has 1 heterocycles. The molecule has 0 spiro atoms. The van der Waals surface area contributed by atoms with Crippen LogP contribution in [0.1, 0.15) is 17.3 Å². The zero-order chi connectivity index (χ0) is 11.7. The first-order valence-electron chi connectivity index (χ1n) is 4.48. The number of benzene rings is 1. The third kappa shape index (κ3) is 1.74. The summed E-state index contributed by atoms with van der Waals surface area (Å²) in [6.07, 6.45) is 0. The Labute approximate surface area is 94.0 Å². The summed E-state index contributed by atoms with van der Waals surface area (Å²) in [4.78, 5) is 25.2. The highest BCUT2D eigenvalue weighted by atomic mass is 32.1. The van der Waals surface area contributed by atoms with Crippen LogP contribution in [0.5, 0.6) is 0 Å². The zero-order valence-electron chi connectivity index (χ0n) is 8.35. The van der Waals surface area contributed by atoms with E-state index in [1.54, 1.807) is 18.2 Å². The maximum Gasteiger partial charge on any atom is 0.305 e. The standard InChI is InChI=1S/C10H8N2O3S/c1-5(12-15)9(13)6-2-3-8-7(4-6)11-10(14)16-8/h2-4,15H,1H3,(H,11,14). The predicted octanol–water partition coefficient (Wildman–Crippen LogP) is 1.62. The normalized spacial score (nSPS) is 11.9. The van der Waals surface area contributed by atoms with Gasteiger partial charge in [-0.2, -0.15) is 0 Å². The molecule has 0 radical (unpaired) electrons. The summed E-state index contributed by atoms with van der Waals surface area (Å²) in [6.45, 7) is 1.42. The van der Waals surface area contributed by atoms with Gasteiger partial charge in [0.25, 0.3) is 0 Å². The van der Waals surface area contributed by atoms with E-state index in [4.69, 9.17) is 5.21 Å². The molecule has 0 saturated carbocycles. The summed E-state index contributed by atoms with van der Waals surface area (Å²) in [6, 6.07) is 4.86. The van der Waals surface area contributed by atoms with Gasteiger partial charge >= 0.3 is 4.87 Å². The van der Waals surface area contributed by atoms with E-state index in [2.05, 4.69) is 10.1 Å². The van der Waals surface area contributed by atoms with Gasteiger partial charge in [-0.1, -0.05) is 16.5 Å². The number of aromatic nitrogens is 1. The number of Topliss-reactive ketones (excluding diaryl/α,β-unsaturated/α-hetero) is 1. The van der Waals surface area contributed by atoms with Crippen molar-refractivity contribution >= 4 is 33.0 Å². The molecule has 0 aliphatic heterocycles. The summed E-state index contributed by atoms with van der Waals surface area (Å²) < 4.78 is 0.792. The smallest absolute Gasteiger partial charge is 0.305 e. The van der Waals surface area contributed by atoms with Gasteiger partial charge in [-0.15, -0.1) is 0 Å². The quantitative estimate of drug-likeness (QED) is 0.360. The topological polar surface area (TPSA) is 82.5 Å². The largest absolute Gasteiger partial charge is 0.411 e. The minimum Gasteiger partial charge on any atom is -0.411 e. The Morgan fingerprint density at radius 1 is 1.50 bits per heavy atom. The van der Waals surface area contributed by atoms with Gasteiger partial charge in [-0.05, 0) is 25.1 Å². The zero-order valence-corrected chi connectivity index (χ0v) is 9.17. The highest BCUT2D eigenvalue weighted by Crippen LogP contribution is 2.16. The van der Waals surface area contributed by atoms with E-state index in [1.165, 1.54) is 6.92 Å². The van der Waals surface area contributed by atoms with Crippen LogP contribution in [0, 0.1) is 0 Å². The van der Waals surface area contributed by atoms with Gasteiger partial charge in [0.2, 0.25) is 5.78 Å². The van der Waals surface area contributed by atoms with Crippen molar-refractivity contribution in [2.75, 3.05) is 0 Å². The number of carbonyl (C=O) groups is 1. The molecule has 0 aliphatic rings. The number of fused-ring (bicyclic) bond motifs is 1. The number of hydrogen-bond donors (Lipinski definition) is 2. The van der Waals surface area contributed by atoms with Crippen LogP contribution in [0.25, 0.3) is 10.2 Å². The molecule has 0 atom stereocenters. The van der Waals surface area contributed by atoms with Crippen molar-refractivity contribution in [1.82, 2.24) is 4.98 Å². The molecular weight excluding hydrogens is 228 g/mol. The van der Waals surface area contributed by atoms with Crippen molar-refractivity contribution in [2.45, 2.75) is 6.92 Å². The molecule has 6 heteroatoms. The number of thiazole rings is 1. The van der Waals surface area contributed by atoms with Crippen LogP contribution in [0.2, 0.25) is 0 Å². The van der Waals surface area contributed by atoms with Gasteiger partial charge in [0, 0.05) is 5.56 Å². The van der Waals surface area contributed by atoms with E-state index in [9.17, 15) is 9.59 Å². The molecular formula is C10H8N2O3S. The Balaban J connectivity index is 2.54. The lowest BCUT2D eigenvalue weighted by atomic mass is 10.1. The van der Waals surface area contributed by atoms with Crippen molar-refractivity contribution in [2.24, 2.45) is 5.16 Å². The fourth-order valence-electron chi connectivity index (χ4n) is 1.35. The van der Waals surface area contributed by atoms with Crippen LogP contribution in [-0.4, -0.2) is 21.7 Å². The first kappa shape index (κ1) is 10.6. The average molecular weight is 236 g/mol. The van der Waals surface area contributed by atoms with Crippen molar-refractivity contribution < 1.29 is 10.0 Å². The van der Waals surface area contributed by atoms with Crippen LogP contribution < -0.4 is 4.87 Å². The number of oxime groups is 1. The molecule has 16 heavy (non-hydrogen) atoms. The molecule has 0 fully saturated rings. The van der Waals surface area contributed by atoms with Gasteiger partial charge in [0.15, 0.2) is 0 Å². The predicted molar refractivity (Wildman–Crippen MR) is 61.7 cm³/mol. The Hall–Kier alpha value is -1.95. The monoisotopic (exact) mass is 236 g/mol. The van der Waals surface area contributed by atoms with Gasteiger partial charge in [-0.25, -0.2) is 0 Å². The second kappa shape index (κ2) is 3.90. The SMILES string of the molecule is CC(=NO)C(=O)c1ccc2sc(=O)[nH]c2c1. The van der Waals surface area contributed by atoms with Crippen molar-refractivity contribution in [3.05, 3.63) is 33.4 Å². The number of H-pyrrole nitrogens is 1. The van der Waals surface area contributed by atoms with E-state index < -0.39 is 0 Å². The third-order valence-corrected chi connectivity index (χ3v) is 3.02. The Morgan fingerprint density at radius 3 is 2.94 bits per heavy atom. The molecule has 0 saturated heterocycles. The summed E-state index contributed by atoms with van der Waals surface area (Å²) in [5, 5.41) is 11.3. The second-order valence-corrected chi connectivity index (χ2v) is 4.25. The van der Waals surface area contributed by atoms with Crippen LogP contribution in [-0.2, 0) is 0 Å². The Kier molecular flexibility index (Phi) is 2.57. The number of nitrogens with one attached hydrogen (secondary N) is 1. The van der Waals surface area contributed by atoms with E-state index in [0.29, 0.717) is 11.1 Å². The molecule has 1 aromatic carbocycles. The van der Waals surface area contributed by atoms with Crippen LogP contribution in [0.15, 0.2) is 28.1 Å². The fraction of sp³-hybridized carbons (Fsp3) is 0.100. The molecule has 82 valence electrons. The van der Waals surface area contributed by atoms with E-state index in [0.717, 1.165) is 16.0 Å². The summed E-state index contributed by atoms with van der Waals surface area (Å²) >= 11 is 1.08. The lowest BCUT2D eigenvalue weighted by Gasteiger charge is -1.98. The van der Waals surface area contributed by atoms with Crippen molar-refractivity contribution in [1.29, 1.82) is 0 Å². The van der Waals surface area contributed by atoms with Gasteiger partial charge < -0.3 is 10.2 Å². The van der Waals surface area contributed by atoms with Crippen molar-refractivity contribution in [3.63, 3.8) is 0 Å². The maximum atomic E-state index is 11.6. The molecule has 2 N–H and O–H groups in total. The number of aromatic amines is 1. The van der Waals surface area contributed by atoms with Gasteiger partial charge in [0.05, 0.1) is 10.2 Å². The van der Waals surface area contributed by atoms with E-state index in [-0.39, 0.29) is 16.4 Å². The average Bonchev–Trinajstić information content (AvgIpc) is 2.65.